The number of nitrogens with zero attached hydrogens (tertiary/aromatic N) is 2. The van der Waals surface area contributed by atoms with Gasteiger partial charge in [-0.3, -0.25) is 14.5 Å². The SMILES string of the molecule is CCN(CC)C(=O)C(c1ccccc1)N1CCC(C(=O)c2ccc3c(c2)OCCO3)CC1. The van der Waals surface area contributed by atoms with Gasteiger partial charge in [0.2, 0.25) is 5.91 Å². The molecule has 0 radical (unpaired) electrons. The van der Waals surface area contributed by atoms with Gasteiger partial charge in [-0.05, 0) is 63.5 Å². The van der Waals surface area contributed by atoms with Crippen LogP contribution < -0.4 is 9.47 Å². The Balaban J connectivity index is 1.47. The Kier molecular flexibility index (Phi) is 7.10. The average molecular weight is 437 g/mol. The van der Waals surface area contributed by atoms with Crippen molar-refractivity contribution in [3.8, 4) is 11.5 Å². The predicted molar refractivity (Wildman–Crippen MR) is 123 cm³/mol. The Hall–Kier alpha value is -2.86. The molecule has 0 N–H and O–H groups in total. The second-order valence-corrected chi connectivity index (χ2v) is 8.36. The summed E-state index contributed by atoms with van der Waals surface area (Å²) in [5.74, 6) is 1.58. The summed E-state index contributed by atoms with van der Waals surface area (Å²) in [6.07, 6.45) is 1.48. The van der Waals surface area contributed by atoms with Gasteiger partial charge in [-0.25, -0.2) is 0 Å². The number of ketones is 1. The molecule has 0 aliphatic carbocycles. The lowest BCUT2D eigenvalue weighted by atomic mass is 9.87. The van der Waals surface area contributed by atoms with Crippen LogP contribution in [0.4, 0.5) is 0 Å². The van der Waals surface area contributed by atoms with Crippen LogP contribution in [-0.2, 0) is 4.79 Å². The van der Waals surface area contributed by atoms with Crippen LogP contribution in [0, 0.1) is 5.92 Å². The molecule has 1 fully saturated rings. The van der Waals surface area contributed by atoms with Gasteiger partial charge in [0.15, 0.2) is 17.3 Å². The first-order valence-corrected chi connectivity index (χ1v) is 11.6. The quantitative estimate of drug-likeness (QED) is 0.615. The first-order chi connectivity index (χ1) is 15.6. The van der Waals surface area contributed by atoms with E-state index < -0.39 is 0 Å². The van der Waals surface area contributed by atoms with E-state index in [1.807, 2.05) is 61.2 Å². The second kappa shape index (κ2) is 10.2. The van der Waals surface area contributed by atoms with Crippen LogP contribution in [0.5, 0.6) is 11.5 Å². The van der Waals surface area contributed by atoms with Gasteiger partial charge < -0.3 is 14.4 Å². The van der Waals surface area contributed by atoms with Gasteiger partial charge in [0.05, 0.1) is 0 Å². The van der Waals surface area contributed by atoms with E-state index in [1.54, 1.807) is 6.07 Å². The summed E-state index contributed by atoms with van der Waals surface area (Å²) < 4.78 is 11.2. The number of benzene rings is 2. The van der Waals surface area contributed by atoms with Gasteiger partial charge in [-0.2, -0.15) is 0 Å². The molecule has 2 aliphatic heterocycles. The molecular weight excluding hydrogens is 404 g/mol. The number of Topliss-reactive ketones (excluding diaryl/α,β-unsaturated/α-hetero) is 1. The van der Waals surface area contributed by atoms with E-state index in [2.05, 4.69) is 4.90 Å². The summed E-state index contributed by atoms with van der Waals surface area (Å²) in [6.45, 7) is 7.89. The fourth-order valence-electron chi connectivity index (χ4n) is 4.71. The largest absolute Gasteiger partial charge is 0.486 e. The average Bonchev–Trinajstić information content (AvgIpc) is 2.85. The second-order valence-electron chi connectivity index (χ2n) is 8.36. The van der Waals surface area contributed by atoms with Crippen molar-refractivity contribution in [2.75, 3.05) is 39.4 Å². The fraction of sp³-hybridized carbons (Fsp3) is 0.462. The van der Waals surface area contributed by atoms with Crippen molar-refractivity contribution >= 4 is 11.7 Å². The third-order valence-corrected chi connectivity index (χ3v) is 6.52. The number of hydrogen-bond acceptors (Lipinski definition) is 5. The highest BCUT2D eigenvalue weighted by Gasteiger charge is 2.35. The maximum atomic E-state index is 13.4. The zero-order chi connectivity index (χ0) is 22.5. The number of hydrogen-bond donors (Lipinski definition) is 0. The molecule has 0 aromatic heterocycles. The smallest absolute Gasteiger partial charge is 0.244 e. The molecule has 6 heteroatoms. The lowest BCUT2D eigenvalue weighted by Gasteiger charge is -2.38. The number of amides is 1. The van der Waals surface area contributed by atoms with Crippen molar-refractivity contribution < 1.29 is 19.1 Å². The van der Waals surface area contributed by atoms with E-state index in [1.165, 1.54) is 0 Å². The zero-order valence-corrected chi connectivity index (χ0v) is 19.0. The van der Waals surface area contributed by atoms with E-state index in [-0.39, 0.29) is 23.7 Å². The van der Waals surface area contributed by atoms with Crippen LogP contribution in [0.25, 0.3) is 0 Å². The molecule has 2 aliphatic rings. The highest BCUT2D eigenvalue weighted by Crippen LogP contribution is 2.34. The van der Waals surface area contributed by atoms with Crippen molar-refractivity contribution in [2.24, 2.45) is 5.92 Å². The minimum atomic E-state index is -0.304. The number of carbonyl (C=O) groups is 2. The van der Waals surface area contributed by atoms with Gasteiger partial charge in [-0.1, -0.05) is 30.3 Å². The summed E-state index contributed by atoms with van der Waals surface area (Å²) in [4.78, 5) is 30.7. The van der Waals surface area contributed by atoms with E-state index in [9.17, 15) is 9.59 Å². The molecule has 0 spiro atoms. The number of carbonyl (C=O) groups excluding carboxylic acids is 2. The van der Waals surface area contributed by atoms with Crippen molar-refractivity contribution in [3.05, 3.63) is 59.7 Å². The van der Waals surface area contributed by atoms with Gasteiger partial charge in [0, 0.05) is 24.6 Å². The summed E-state index contributed by atoms with van der Waals surface area (Å²) in [7, 11) is 0. The summed E-state index contributed by atoms with van der Waals surface area (Å²) in [5.41, 5.74) is 1.69. The molecule has 0 saturated carbocycles. The molecule has 1 amide bonds. The van der Waals surface area contributed by atoms with E-state index in [0.717, 1.165) is 18.4 Å². The molecule has 4 rings (SSSR count). The number of likely N-dealkylation sites (N-methyl/N-ethyl adjacent to an activating group) is 1. The van der Waals surface area contributed by atoms with Gasteiger partial charge in [-0.15, -0.1) is 0 Å². The molecule has 2 aromatic carbocycles. The Morgan fingerprint density at radius 3 is 2.28 bits per heavy atom. The zero-order valence-electron chi connectivity index (χ0n) is 19.0. The van der Waals surface area contributed by atoms with E-state index in [0.29, 0.717) is 56.5 Å². The molecule has 1 saturated heterocycles. The molecule has 1 unspecified atom stereocenters. The van der Waals surface area contributed by atoms with Crippen LogP contribution in [0.1, 0.15) is 48.7 Å². The minimum Gasteiger partial charge on any atom is -0.486 e. The molecule has 170 valence electrons. The minimum absolute atomic E-state index is 0.0474. The lowest BCUT2D eigenvalue weighted by Crippen LogP contribution is -2.46. The highest BCUT2D eigenvalue weighted by atomic mass is 16.6. The summed E-state index contributed by atoms with van der Waals surface area (Å²) in [6, 6.07) is 15.1. The normalized spacial score (nSPS) is 17.6. The fourth-order valence-corrected chi connectivity index (χ4v) is 4.71. The van der Waals surface area contributed by atoms with E-state index >= 15 is 0 Å². The van der Waals surface area contributed by atoms with Crippen molar-refractivity contribution in [3.63, 3.8) is 0 Å². The Morgan fingerprint density at radius 1 is 0.969 bits per heavy atom. The van der Waals surface area contributed by atoms with Crippen molar-refractivity contribution in [1.29, 1.82) is 0 Å². The van der Waals surface area contributed by atoms with Crippen LogP contribution in [0.2, 0.25) is 0 Å². The van der Waals surface area contributed by atoms with E-state index in [4.69, 9.17) is 9.47 Å². The van der Waals surface area contributed by atoms with Crippen LogP contribution >= 0.6 is 0 Å². The topological polar surface area (TPSA) is 59.1 Å². The standard InChI is InChI=1S/C26H32N2O4/c1-3-27(4-2)26(30)24(19-8-6-5-7-9-19)28-14-12-20(13-15-28)25(29)21-10-11-22-23(18-21)32-17-16-31-22/h5-11,18,20,24H,3-4,12-17H2,1-2H3. The van der Waals surface area contributed by atoms with Crippen LogP contribution in [0.3, 0.4) is 0 Å². The van der Waals surface area contributed by atoms with Gasteiger partial charge in [0.1, 0.15) is 19.3 Å². The number of rotatable bonds is 7. The lowest BCUT2D eigenvalue weighted by molar-refractivity contribution is -0.137. The monoisotopic (exact) mass is 436 g/mol. The maximum Gasteiger partial charge on any atom is 0.244 e. The molecule has 6 nitrogen and oxygen atoms in total. The molecule has 32 heavy (non-hydrogen) atoms. The number of piperidine rings is 1. The van der Waals surface area contributed by atoms with Crippen molar-refractivity contribution in [1.82, 2.24) is 9.80 Å². The van der Waals surface area contributed by atoms with Gasteiger partial charge >= 0.3 is 0 Å². The Labute approximate surface area is 190 Å². The first-order valence-electron chi connectivity index (χ1n) is 11.6. The van der Waals surface area contributed by atoms with Gasteiger partial charge in [0.25, 0.3) is 0 Å². The molecule has 2 aromatic rings. The van der Waals surface area contributed by atoms with Crippen molar-refractivity contribution in [2.45, 2.75) is 32.7 Å². The highest BCUT2D eigenvalue weighted by molar-refractivity contribution is 5.98. The number of likely N-dealkylation sites (tertiary alicyclic amines) is 1. The predicted octanol–water partition coefficient (Wildman–Crippen LogP) is 3.96. The summed E-state index contributed by atoms with van der Waals surface area (Å²) >= 11 is 0. The van der Waals surface area contributed by atoms with Crippen LogP contribution in [-0.4, -0.2) is 60.9 Å². The third kappa shape index (κ3) is 4.65. The van der Waals surface area contributed by atoms with Crippen LogP contribution in [0.15, 0.2) is 48.5 Å². The molecular formula is C26H32N2O4. The summed E-state index contributed by atoms with van der Waals surface area (Å²) in [5, 5.41) is 0. The molecule has 0 bridgehead atoms. The number of ether oxygens (including phenoxy) is 2. The molecule has 2 heterocycles. The Bertz CT molecular complexity index is 934. The first kappa shape index (κ1) is 22.3. The number of fused-ring (bicyclic) bond motifs is 1. The third-order valence-electron chi connectivity index (χ3n) is 6.52. The Morgan fingerprint density at radius 2 is 1.62 bits per heavy atom. The molecule has 1 atom stereocenters. The maximum absolute atomic E-state index is 13.4.